The van der Waals surface area contributed by atoms with Gasteiger partial charge < -0.3 is 15.5 Å². The predicted molar refractivity (Wildman–Crippen MR) is 114 cm³/mol. The highest BCUT2D eigenvalue weighted by Crippen LogP contribution is 2.43. The number of nitrogens with zero attached hydrogens (tertiary/aromatic N) is 2. The minimum Gasteiger partial charge on any atom is -0.336 e. The first-order chi connectivity index (χ1) is 13.5. The molecule has 1 aliphatic carbocycles. The molecule has 4 nitrogen and oxygen atoms in total. The number of benzene rings is 1. The van der Waals surface area contributed by atoms with Gasteiger partial charge in [-0.15, -0.1) is 0 Å². The molecule has 0 aromatic heterocycles. The predicted octanol–water partition coefficient (Wildman–Crippen LogP) is 3.60. The summed E-state index contributed by atoms with van der Waals surface area (Å²) in [6, 6.07) is 9.28. The van der Waals surface area contributed by atoms with E-state index in [0.29, 0.717) is 31.6 Å². The number of likely N-dealkylation sites (tertiary alicyclic amines) is 1. The Morgan fingerprint density at radius 2 is 1.82 bits per heavy atom. The van der Waals surface area contributed by atoms with E-state index in [2.05, 4.69) is 43.0 Å². The quantitative estimate of drug-likeness (QED) is 0.814. The first-order valence-electron chi connectivity index (χ1n) is 11.0. The standard InChI is InChI=1S/C24H35N3O/c1-18(2)19-7-9-21(10-8-19)26-14-11-24(12-15-26)22-6-4-3-5-20(22)17-27(16-13-25)23(24)28/h3-6,21H,7-17,25H2,1-2H3. The van der Waals surface area contributed by atoms with E-state index in [-0.39, 0.29) is 5.41 Å². The van der Waals surface area contributed by atoms with Crippen molar-refractivity contribution in [2.75, 3.05) is 26.2 Å². The topological polar surface area (TPSA) is 49.6 Å². The van der Waals surface area contributed by atoms with Crippen LogP contribution in [0.25, 0.3) is 0 Å². The minimum absolute atomic E-state index is 0.312. The molecule has 4 rings (SSSR count). The molecule has 1 aromatic rings. The highest BCUT2D eigenvalue weighted by molar-refractivity contribution is 5.90. The van der Waals surface area contributed by atoms with Gasteiger partial charge in [-0.25, -0.2) is 0 Å². The van der Waals surface area contributed by atoms with Crippen molar-refractivity contribution in [3.05, 3.63) is 46.5 Å². The van der Waals surface area contributed by atoms with Crippen LogP contribution in [0, 0.1) is 0 Å². The van der Waals surface area contributed by atoms with Crippen molar-refractivity contribution in [3.8, 4) is 0 Å². The Morgan fingerprint density at radius 1 is 1.14 bits per heavy atom. The summed E-state index contributed by atoms with van der Waals surface area (Å²) >= 11 is 0. The van der Waals surface area contributed by atoms with E-state index in [9.17, 15) is 4.79 Å². The monoisotopic (exact) mass is 381 g/mol. The van der Waals surface area contributed by atoms with Crippen molar-refractivity contribution in [2.24, 2.45) is 5.73 Å². The number of carbonyl (C=O) groups excluding carboxylic acids is 1. The Morgan fingerprint density at radius 3 is 2.46 bits per heavy atom. The van der Waals surface area contributed by atoms with Crippen LogP contribution in [-0.4, -0.2) is 47.9 Å². The molecule has 2 aliphatic heterocycles. The van der Waals surface area contributed by atoms with Gasteiger partial charge in [0.1, 0.15) is 0 Å². The van der Waals surface area contributed by atoms with Gasteiger partial charge in [0, 0.05) is 25.7 Å². The molecule has 0 bridgehead atoms. The molecule has 1 spiro atoms. The molecule has 1 saturated carbocycles. The number of amides is 1. The molecule has 2 heterocycles. The van der Waals surface area contributed by atoms with E-state index >= 15 is 0 Å². The summed E-state index contributed by atoms with van der Waals surface area (Å²) in [7, 11) is 0. The van der Waals surface area contributed by atoms with Gasteiger partial charge in [-0.05, 0) is 76.6 Å². The van der Waals surface area contributed by atoms with Crippen molar-refractivity contribution in [2.45, 2.75) is 70.4 Å². The van der Waals surface area contributed by atoms with Crippen LogP contribution in [0.3, 0.4) is 0 Å². The van der Waals surface area contributed by atoms with E-state index in [0.717, 1.165) is 25.9 Å². The Kier molecular flexibility index (Phi) is 5.62. The summed E-state index contributed by atoms with van der Waals surface area (Å²) < 4.78 is 0. The third kappa shape index (κ3) is 3.42. The van der Waals surface area contributed by atoms with Gasteiger partial charge >= 0.3 is 0 Å². The normalized spacial score (nSPS) is 25.1. The zero-order valence-electron chi connectivity index (χ0n) is 17.5. The Labute approximate surface area is 169 Å². The second kappa shape index (κ2) is 8.00. The molecule has 2 N–H and O–H groups in total. The summed E-state index contributed by atoms with van der Waals surface area (Å²) in [6.45, 7) is 8.47. The zero-order chi connectivity index (χ0) is 19.7. The number of piperidine rings is 1. The van der Waals surface area contributed by atoms with Gasteiger partial charge in [-0.1, -0.05) is 35.4 Å². The maximum absolute atomic E-state index is 13.5. The number of rotatable bonds is 3. The average Bonchev–Trinajstić information content (AvgIpc) is 2.73. The van der Waals surface area contributed by atoms with E-state index in [1.54, 1.807) is 5.57 Å². The number of hydrogen-bond donors (Lipinski definition) is 1. The highest BCUT2D eigenvalue weighted by atomic mass is 16.2. The van der Waals surface area contributed by atoms with E-state index < -0.39 is 0 Å². The summed E-state index contributed by atoms with van der Waals surface area (Å²) in [5.41, 5.74) is 11.2. The smallest absolute Gasteiger partial charge is 0.233 e. The lowest BCUT2D eigenvalue weighted by molar-refractivity contribution is -0.142. The number of hydrogen-bond acceptors (Lipinski definition) is 3. The molecule has 0 atom stereocenters. The van der Waals surface area contributed by atoms with Crippen LogP contribution in [0.1, 0.15) is 63.5 Å². The summed E-state index contributed by atoms with van der Waals surface area (Å²) in [6.07, 6.45) is 6.93. The highest BCUT2D eigenvalue weighted by Gasteiger charge is 2.49. The van der Waals surface area contributed by atoms with Crippen LogP contribution in [0.15, 0.2) is 35.4 Å². The Balaban J connectivity index is 1.51. The molecule has 1 saturated heterocycles. The lowest BCUT2D eigenvalue weighted by Crippen LogP contribution is -2.57. The second-order valence-electron chi connectivity index (χ2n) is 9.13. The summed E-state index contributed by atoms with van der Waals surface area (Å²) in [4.78, 5) is 18.2. The largest absolute Gasteiger partial charge is 0.336 e. The molecule has 0 radical (unpaired) electrons. The summed E-state index contributed by atoms with van der Waals surface area (Å²) in [5.74, 6) is 0.312. The minimum atomic E-state index is -0.333. The van der Waals surface area contributed by atoms with Gasteiger partial charge in [0.25, 0.3) is 0 Å². The van der Waals surface area contributed by atoms with Crippen LogP contribution >= 0.6 is 0 Å². The molecule has 2 fully saturated rings. The number of allylic oxidation sites excluding steroid dienone is 2. The third-order valence-corrected chi connectivity index (χ3v) is 7.42. The van der Waals surface area contributed by atoms with E-state index in [4.69, 9.17) is 5.73 Å². The van der Waals surface area contributed by atoms with E-state index in [1.165, 1.54) is 42.4 Å². The fourth-order valence-corrected chi connectivity index (χ4v) is 5.73. The first-order valence-corrected chi connectivity index (χ1v) is 11.0. The maximum Gasteiger partial charge on any atom is 0.233 e. The fraction of sp³-hybridized carbons (Fsp3) is 0.625. The molecule has 152 valence electrons. The summed E-state index contributed by atoms with van der Waals surface area (Å²) in [5, 5.41) is 0. The molecular formula is C24H35N3O. The van der Waals surface area contributed by atoms with Gasteiger partial charge in [0.2, 0.25) is 5.91 Å². The number of nitrogens with two attached hydrogens (primary N) is 1. The maximum atomic E-state index is 13.5. The van der Waals surface area contributed by atoms with Crippen LogP contribution < -0.4 is 5.73 Å². The average molecular weight is 382 g/mol. The molecule has 4 heteroatoms. The van der Waals surface area contributed by atoms with Crippen molar-refractivity contribution in [3.63, 3.8) is 0 Å². The second-order valence-corrected chi connectivity index (χ2v) is 9.13. The first kappa shape index (κ1) is 19.7. The molecule has 1 aromatic carbocycles. The molecule has 0 unspecified atom stereocenters. The molecule has 28 heavy (non-hydrogen) atoms. The molecule has 3 aliphatic rings. The number of carbonyl (C=O) groups is 1. The lowest BCUT2D eigenvalue weighted by Gasteiger charge is -2.49. The van der Waals surface area contributed by atoms with Crippen molar-refractivity contribution in [1.82, 2.24) is 9.80 Å². The Bertz CT molecular complexity index is 747. The van der Waals surface area contributed by atoms with Crippen LogP contribution in [0.2, 0.25) is 0 Å². The van der Waals surface area contributed by atoms with Crippen LogP contribution in [0.5, 0.6) is 0 Å². The van der Waals surface area contributed by atoms with Gasteiger partial charge in [-0.2, -0.15) is 0 Å². The van der Waals surface area contributed by atoms with Crippen LogP contribution in [0.4, 0.5) is 0 Å². The van der Waals surface area contributed by atoms with Gasteiger partial charge in [-0.3, -0.25) is 4.79 Å². The van der Waals surface area contributed by atoms with Crippen molar-refractivity contribution < 1.29 is 4.79 Å². The molecular weight excluding hydrogens is 346 g/mol. The Hall–Kier alpha value is -1.65. The van der Waals surface area contributed by atoms with Crippen LogP contribution in [-0.2, 0) is 16.8 Å². The van der Waals surface area contributed by atoms with E-state index in [1.807, 2.05) is 4.90 Å². The lowest BCUT2D eigenvalue weighted by atomic mass is 9.67. The van der Waals surface area contributed by atoms with Gasteiger partial charge in [0.05, 0.1) is 5.41 Å². The van der Waals surface area contributed by atoms with Crippen molar-refractivity contribution in [1.29, 1.82) is 0 Å². The third-order valence-electron chi connectivity index (χ3n) is 7.42. The van der Waals surface area contributed by atoms with Gasteiger partial charge in [0.15, 0.2) is 0 Å². The fourth-order valence-electron chi connectivity index (χ4n) is 5.73. The SMILES string of the molecule is CC(C)=C1CCC(N2CCC3(CC2)C(=O)N(CCN)Cc2ccccc23)CC1. The van der Waals surface area contributed by atoms with Crippen molar-refractivity contribution >= 4 is 5.91 Å². The number of fused-ring (bicyclic) bond motifs is 2. The zero-order valence-corrected chi connectivity index (χ0v) is 17.5. The molecule has 1 amide bonds.